The van der Waals surface area contributed by atoms with Gasteiger partial charge in [0.2, 0.25) is 0 Å². The van der Waals surface area contributed by atoms with E-state index < -0.39 is 0 Å². The molecule has 3 aliphatic carbocycles. The molecule has 2 heterocycles. The predicted octanol–water partition coefficient (Wildman–Crippen LogP) is 18.8. The molecule has 2 aromatic heterocycles. The number of nitrogens with zero attached hydrogens (tertiary/aromatic N) is 2. The third-order valence-electron chi connectivity index (χ3n) is 17.9. The predicted molar refractivity (Wildman–Crippen MR) is 297 cm³/mol. The van der Waals surface area contributed by atoms with Gasteiger partial charge in [-0.05, 0) is 190 Å². The molecule has 6 aromatic carbocycles. The number of fused-ring (bicyclic) bond motifs is 5. The van der Waals surface area contributed by atoms with Crippen molar-refractivity contribution in [1.29, 1.82) is 0 Å². The summed E-state index contributed by atoms with van der Waals surface area (Å²) in [5.74, 6) is 0.943. The standard InChI is InChI=1S/C66H70N2OS/c1-40-14-22-50(41(2)34-40)47-19-23-51(42(3)35-47)53-39-56-59(60-61(53)70-62(68-60)52-24-21-49(38-58(52)69)63(4,5)6)54-36-48(20-25-55(54)64(7,8)65(56,9)10)57-37-46(28-33-67-57)44-17-15-43(16-18-44)45-26-31-66(32-27-45)29-12-11-13-30-66/h14-25,28,33-39,45,69H,11-13,26-27,29-32H2,1-10H3. The molecule has 0 radical (unpaired) electrons. The van der Waals surface area contributed by atoms with Gasteiger partial charge in [-0.1, -0.05) is 152 Å². The van der Waals surface area contributed by atoms with Crippen molar-refractivity contribution in [3.05, 3.63) is 160 Å². The third kappa shape index (κ3) is 7.94. The lowest BCUT2D eigenvalue weighted by atomic mass is 9.55. The van der Waals surface area contributed by atoms with Gasteiger partial charge in [0.25, 0.3) is 0 Å². The first kappa shape index (κ1) is 46.5. The average Bonchev–Trinajstić information content (AvgIpc) is 3.79. The second kappa shape index (κ2) is 17.2. The highest BCUT2D eigenvalue weighted by molar-refractivity contribution is 7.22. The molecule has 0 bridgehead atoms. The van der Waals surface area contributed by atoms with Crippen molar-refractivity contribution >= 4 is 21.6 Å². The minimum atomic E-state index is -0.258. The smallest absolute Gasteiger partial charge is 0.128 e. The maximum absolute atomic E-state index is 11.7. The van der Waals surface area contributed by atoms with Crippen LogP contribution in [0.3, 0.4) is 0 Å². The van der Waals surface area contributed by atoms with E-state index in [1.165, 1.54) is 136 Å². The van der Waals surface area contributed by atoms with Crippen molar-refractivity contribution in [2.24, 2.45) is 5.41 Å². The molecule has 0 aliphatic heterocycles. The number of aromatic nitrogens is 2. The van der Waals surface area contributed by atoms with Crippen LogP contribution in [0.2, 0.25) is 0 Å². The van der Waals surface area contributed by atoms with Gasteiger partial charge < -0.3 is 5.11 Å². The van der Waals surface area contributed by atoms with Gasteiger partial charge in [-0.3, -0.25) is 4.98 Å². The van der Waals surface area contributed by atoms with E-state index in [-0.39, 0.29) is 22.0 Å². The van der Waals surface area contributed by atoms with E-state index in [0.29, 0.717) is 11.3 Å². The lowest BCUT2D eigenvalue weighted by Crippen LogP contribution is -2.43. The van der Waals surface area contributed by atoms with E-state index in [4.69, 9.17) is 9.97 Å². The molecule has 356 valence electrons. The second-order valence-corrected chi connectivity index (χ2v) is 24.8. The van der Waals surface area contributed by atoms with Gasteiger partial charge in [-0.2, -0.15) is 0 Å². The zero-order valence-electron chi connectivity index (χ0n) is 43.2. The number of pyridine rings is 1. The highest BCUT2D eigenvalue weighted by atomic mass is 32.1. The minimum absolute atomic E-state index is 0.0948. The topological polar surface area (TPSA) is 46.0 Å². The van der Waals surface area contributed by atoms with Gasteiger partial charge in [0.15, 0.2) is 0 Å². The number of phenolic OH excluding ortho intramolecular Hbond substituents is 1. The number of aromatic hydroxyl groups is 1. The Morgan fingerprint density at radius 2 is 1.24 bits per heavy atom. The fraction of sp³-hybridized carbons (Fsp3) is 0.364. The lowest BCUT2D eigenvalue weighted by molar-refractivity contribution is 0.114. The Hall–Kier alpha value is -5.84. The van der Waals surface area contributed by atoms with E-state index in [9.17, 15) is 5.11 Å². The Bertz CT molecular complexity index is 3320. The summed E-state index contributed by atoms with van der Waals surface area (Å²) >= 11 is 1.69. The molecule has 0 amide bonds. The molecule has 3 nitrogen and oxygen atoms in total. The summed E-state index contributed by atoms with van der Waals surface area (Å²) in [5, 5.41) is 12.6. The van der Waals surface area contributed by atoms with Crippen molar-refractivity contribution in [3.63, 3.8) is 0 Å². The molecule has 4 heteroatoms. The molecule has 0 saturated heterocycles. The van der Waals surface area contributed by atoms with Gasteiger partial charge in [-0.25, -0.2) is 4.98 Å². The van der Waals surface area contributed by atoms with E-state index >= 15 is 0 Å². The Balaban J connectivity index is 1.02. The molecule has 3 aliphatic rings. The molecular formula is C66H70N2OS. The van der Waals surface area contributed by atoms with Crippen LogP contribution < -0.4 is 0 Å². The Labute approximate surface area is 421 Å². The zero-order chi connectivity index (χ0) is 48.9. The maximum Gasteiger partial charge on any atom is 0.128 e. The van der Waals surface area contributed by atoms with E-state index in [0.717, 1.165) is 37.6 Å². The zero-order valence-corrected chi connectivity index (χ0v) is 44.1. The van der Waals surface area contributed by atoms with Crippen LogP contribution in [0.5, 0.6) is 5.75 Å². The molecule has 0 atom stereocenters. The molecule has 2 fully saturated rings. The Kier molecular flexibility index (Phi) is 11.4. The van der Waals surface area contributed by atoms with Crippen LogP contribution in [0.15, 0.2) is 121 Å². The first-order valence-electron chi connectivity index (χ1n) is 26.1. The van der Waals surface area contributed by atoms with Crippen LogP contribution >= 0.6 is 11.3 Å². The Morgan fingerprint density at radius 1 is 0.571 bits per heavy atom. The van der Waals surface area contributed by atoms with Gasteiger partial charge in [0.1, 0.15) is 10.8 Å². The van der Waals surface area contributed by atoms with Crippen LogP contribution in [0, 0.1) is 26.2 Å². The van der Waals surface area contributed by atoms with Gasteiger partial charge in [0.05, 0.1) is 21.5 Å². The number of phenols is 1. The van der Waals surface area contributed by atoms with Gasteiger partial charge >= 0.3 is 0 Å². The first-order chi connectivity index (χ1) is 33.4. The molecular weight excluding hydrogens is 869 g/mol. The van der Waals surface area contributed by atoms with Crippen molar-refractivity contribution < 1.29 is 5.11 Å². The third-order valence-corrected chi connectivity index (χ3v) is 19.0. The van der Waals surface area contributed by atoms with Crippen LogP contribution in [0.4, 0.5) is 0 Å². The fourth-order valence-electron chi connectivity index (χ4n) is 12.8. The molecule has 11 rings (SSSR count). The van der Waals surface area contributed by atoms with Crippen molar-refractivity contribution in [2.45, 2.75) is 149 Å². The highest BCUT2D eigenvalue weighted by Crippen LogP contribution is 2.59. The lowest BCUT2D eigenvalue weighted by Gasteiger charge is -2.48. The first-order valence-corrected chi connectivity index (χ1v) is 26.9. The normalized spacial score (nSPS) is 17.4. The molecule has 2 saturated carbocycles. The highest BCUT2D eigenvalue weighted by Gasteiger charge is 2.47. The Morgan fingerprint density at radius 3 is 1.94 bits per heavy atom. The molecule has 70 heavy (non-hydrogen) atoms. The molecule has 8 aromatic rings. The summed E-state index contributed by atoms with van der Waals surface area (Å²) in [6, 6.07) is 43.3. The quantitative estimate of drug-likeness (QED) is 0.181. The summed E-state index contributed by atoms with van der Waals surface area (Å²) in [6.07, 6.45) is 14.7. The second-order valence-electron chi connectivity index (χ2n) is 23.8. The van der Waals surface area contributed by atoms with Crippen LogP contribution in [-0.2, 0) is 16.2 Å². The largest absolute Gasteiger partial charge is 0.507 e. The summed E-state index contributed by atoms with van der Waals surface area (Å²) in [7, 11) is 0. The maximum atomic E-state index is 11.7. The fourth-order valence-corrected chi connectivity index (χ4v) is 14.0. The number of rotatable bonds is 6. The van der Waals surface area contributed by atoms with E-state index in [1.54, 1.807) is 11.3 Å². The summed E-state index contributed by atoms with van der Waals surface area (Å²) in [4.78, 5) is 10.7. The van der Waals surface area contributed by atoms with Crippen molar-refractivity contribution in [1.82, 2.24) is 9.97 Å². The monoisotopic (exact) mass is 939 g/mol. The summed E-state index contributed by atoms with van der Waals surface area (Å²) in [5.41, 5.74) is 22.6. The molecule has 0 unspecified atom stereocenters. The number of thiazole rings is 1. The number of hydrogen-bond acceptors (Lipinski definition) is 4. The summed E-state index contributed by atoms with van der Waals surface area (Å²) in [6.45, 7) is 22.8. The molecule has 1 N–H and O–H groups in total. The minimum Gasteiger partial charge on any atom is -0.507 e. The molecule has 1 spiro atoms. The number of benzene rings is 6. The number of aryl methyl sites for hydroxylation is 3. The van der Waals surface area contributed by atoms with E-state index in [1.807, 2.05) is 12.3 Å². The van der Waals surface area contributed by atoms with Crippen LogP contribution in [0.25, 0.3) is 76.6 Å². The van der Waals surface area contributed by atoms with Crippen LogP contribution in [0.1, 0.15) is 151 Å². The van der Waals surface area contributed by atoms with Crippen LogP contribution in [-0.4, -0.2) is 15.1 Å². The number of hydrogen-bond donors (Lipinski definition) is 1. The van der Waals surface area contributed by atoms with Gasteiger partial charge in [-0.15, -0.1) is 11.3 Å². The summed E-state index contributed by atoms with van der Waals surface area (Å²) < 4.78 is 1.13. The van der Waals surface area contributed by atoms with E-state index in [2.05, 4.69) is 178 Å². The average molecular weight is 939 g/mol. The van der Waals surface area contributed by atoms with Crippen molar-refractivity contribution in [2.75, 3.05) is 0 Å². The van der Waals surface area contributed by atoms with Gasteiger partial charge in [0, 0.05) is 22.9 Å². The SMILES string of the molecule is Cc1ccc(-c2ccc(-c3cc4c(c5nc(-c6ccc(C(C)(C)C)cc6O)sc35)-c3cc(-c5cc(-c6ccc(C7CCC8(CCCCC8)CC7)cc6)ccn5)ccc3C(C)(C)C4(C)C)c(C)c2)c(C)c1. The van der Waals surface area contributed by atoms with Crippen molar-refractivity contribution in [3.8, 4) is 72.1 Å².